The SMILES string of the molecule is Cc1cnccc1OCC1CN(C)C1. The van der Waals surface area contributed by atoms with E-state index >= 15 is 0 Å². The molecule has 0 spiro atoms. The molecule has 14 heavy (non-hydrogen) atoms. The minimum Gasteiger partial charge on any atom is -0.493 e. The van der Waals surface area contributed by atoms with E-state index in [1.54, 1.807) is 6.20 Å². The molecule has 0 saturated carbocycles. The molecule has 0 aromatic carbocycles. The van der Waals surface area contributed by atoms with E-state index in [9.17, 15) is 0 Å². The van der Waals surface area contributed by atoms with Gasteiger partial charge in [0.15, 0.2) is 0 Å². The van der Waals surface area contributed by atoms with E-state index in [0.717, 1.165) is 31.0 Å². The van der Waals surface area contributed by atoms with Crippen LogP contribution >= 0.6 is 0 Å². The molecule has 0 aliphatic carbocycles. The topological polar surface area (TPSA) is 25.4 Å². The third kappa shape index (κ3) is 2.04. The van der Waals surface area contributed by atoms with E-state index in [0.29, 0.717) is 5.92 Å². The summed E-state index contributed by atoms with van der Waals surface area (Å²) in [6.45, 7) is 5.17. The van der Waals surface area contributed by atoms with Gasteiger partial charge >= 0.3 is 0 Å². The fourth-order valence-electron chi connectivity index (χ4n) is 1.76. The fraction of sp³-hybridized carbons (Fsp3) is 0.545. The van der Waals surface area contributed by atoms with Gasteiger partial charge in [-0.05, 0) is 20.0 Å². The van der Waals surface area contributed by atoms with Crippen LogP contribution in [-0.2, 0) is 0 Å². The number of aromatic nitrogens is 1. The monoisotopic (exact) mass is 192 g/mol. The highest BCUT2D eigenvalue weighted by atomic mass is 16.5. The fourth-order valence-corrected chi connectivity index (χ4v) is 1.76. The zero-order valence-electron chi connectivity index (χ0n) is 8.73. The predicted octanol–water partition coefficient (Wildman–Crippen LogP) is 1.33. The molecule has 1 aromatic rings. The highest BCUT2D eigenvalue weighted by Gasteiger charge is 2.23. The maximum Gasteiger partial charge on any atom is 0.125 e. The van der Waals surface area contributed by atoms with Crippen molar-refractivity contribution in [1.29, 1.82) is 0 Å². The Bertz CT molecular complexity index is 308. The number of likely N-dealkylation sites (tertiary alicyclic amines) is 1. The average molecular weight is 192 g/mol. The Morgan fingerprint density at radius 2 is 2.36 bits per heavy atom. The lowest BCUT2D eigenvalue weighted by Crippen LogP contribution is -2.46. The minimum absolute atomic E-state index is 0.701. The molecule has 1 aromatic heterocycles. The maximum absolute atomic E-state index is 5.72. The van der Waals surface area contributed by atoms with Gasteiger partial charge < -0.3 is 9.64 Å². The molecule has 1 aliphatic rings. The molecule has 2 heterocycles. The lowest BCUT2D eigenvalue weighted by atomic mass is 10.0. The summed E-state index contributed by atoms with van der Waals surface area (Å²) in [5.41, 5.74) is 1.11. The normalized spacial score (nSPS) is 17.9. The van der Waals surface area contributed by atoms with Gasteiger partial charge in [-0.15, -0.1) is 0 Å². The Morgan fingerprint density at radius 3 is 3.00 bits per heavy atom. The van der Waals surface area contributed by atoms with Crippen LogP contribution in [0.5, 0.6) is 5.75 Å². The molecule has 2 rings (SSSR count). The van der Waals surface area contributed by atoms with Crippen LogP contribution in [0, 0.1) is 12.8 Å². The van der Waals surface area contributed by atoms with Gasteiger partial charge in [0, 0.05) is 37.0 Å². The largest absolute Gasteiger partial charge is 0.493 e. The van der Waals surface area contributed by atoms with Gasteiger partial charge in [0.1, 0.15) is 5.75 Å². The van der Waals surface area contributed by atoms with Crippen LogP contribution in [0.15, 0.2) is 18.5 Å². The number of pyridine rings is 1. The Balaban J connectivity index is 1.83. The van der Waals surface area contributed by atoms with Gasteiger partial charge in [-0.1, -0.05) is 0 Å². The number of aryl methyl sites for hydroxylation is 1. The van der Waals surface area contributed by atoms with Crippen LogP contribution < -0.4 is 4.74 Å². The molecule has 0 unspecified atom stereocenters. The van der Waals surface area contributed by atoms with E-state index in [2.05, 4.69) is 16.9 Å². The molecule has 76 valence electrons. The number of hydrogen-bond donors (Lipinski definition) is 0. The van der Waals surface area contributed by atoms with Crippen LogP contribution in [0.25, 0.3) is 0 Å². The van der Waals surface area contributed by atoms with Crippen LogP contribution in [0.1, 0.15) is 5.56 Å². The van der Waals surface area contributed by atoms with Gasteiger partial charge in [-0.3, -0.25) is 4.98 Å². The van der Waals surface area contributed by atoms with Gasteiger partial charge in [0.2, 0.25) is 0 Å². The quantitative estimate of drug-likeness (QED) is 0.722. The Labute approximate surface area is 84.7 Å². The molecule has 0 amide bonds. The third-order valence-corrected chi connectivity index (χ3v) is 2.58. The summed E-state index contributed by atoms with van der Waals surface area (Å²) >= 11 is 0. The van der Waals surface area contributed by atoms with Crippen molar-refractivity contribution in [3.8, 4) is 5.75 Å². The zero-order valence-corrected chi connectivity index (χ0v) is 8.73. The molecule has 3 nitrogen and oxygen atoms in total. The number of hydrogen-bond acceptors (Lipinski definition) is 3. The Kier molecular flexibility index (Phi) is 2.68. The van der Waals surface area contributed by atoms with Gasteiger partial charge in [-0.25, -0.2) is 0 Å². The lowest BCUT2D eigenvalue weighted by molar-refractivity contribution is 0.0854. The van der Waals surface area contributed by atoms with Gasteiger partial charge in [-0.2, -0.15) is 0 Å². The zero-order chi connectivity index (χ0) is 9.97. The van der Waals surface area contributed by atoms with Crippen molar-refractivity contribution in [2.45, 2.75) is 6.92 Å². The first kappa shape index (κ1) is 9.46. The highest BCUT2D eigenvalue weighted by molar-refractivity contribution is 5.28. The summed E-state index contributed by atoms with van der Waals surface area (Å²) < 4.78 is 5.72. The van der Waals surface area contributed by atoms with E-state index in [4.69, 9.17) is 4.74 Å². The first-order valence-corrected chi connectivity index (χ1v) is 4.97. The standard InChI is InChI=1S/C11H16N2O/c1-9-5-12-4-3-11(9)14-8-10-6-13(2)7-10/h3-5,10H,6-8H2,1-2H3. The molecule has 1 saturated heterocycles. The van der Waals surface area contributed by atoms with Gasteiger partial charge in [0.05, 0.1) is 6.61 Å². The summed E-state index contributed by atoms with van der Waals surface area (Å²) in [6, 6.07) is 1.93. The number of nitrogens with zero attached hydrogens (tertiary/aromatic N) is 2. The molecular formula is C11H16N2O. The van der Waals surface area contributed by atoms with Crippen LogP contribution in [-0.4, -0.2) is 36.6 Å². The molecule has 0 atom stereocenters. The highest BCUT2D eigenvalue weighted by Crippen LogP contribution is 2.18. The first-order chi connectivity index (χ1) is 6.75. The van der Waals surface area contributed by atoms with E-state index in [1.165, 1.54) is 0 Å². The van der Waals surface area contributed by atoms with Crippen LogP contribution in [0.3, 0.4) is 0 Å². The molecular weight excluding hydrogens is 176 g/mol. The lowest BCUT2D eigenvalue weighted by Gasteiger charge is -2.35. The van der Waals surface area contributed by atoms with Crippen LogP contribution in [0.2, 0.25) is 0 Å². The van der Waals surface area contributed by atoms with E-state index < -0.39 is 0 Å². The van der Waals surface area contributed by atoms with Gasteiger partial charge in [0.25, 0.3) is 0 Å². The Hall–Kier alpha value is -1.09. The van der Waals surface area contributed by atoms with Crippen molar-refractivity contribution in [2.75, 3.05) is 26.7 Å². The van der Waals surface area contributed by atoms with E-state index in [-0.39, 0.29) is 0 Å². The molecule has 1 aliphatic heterocycles. The molecule has 0 bridgehead atoms. The van der Waals surface area contributed by atoms with Crippen molar-refractivity contribution < 1.29 is 4.74 Å². The maximum atomic E-state index is 5.72. The number of rotatable bonds is 3. The molecule has 3 heteroatoms. The smallest absolute Gasteiger partial charge is 0.125 e. The van der Waals surface area contributed by atoms with Crippen molar-refractivity contribution in [3.63, 3.8) is 0 Å². The van der Waals surface area contributed by atoms with Crippen molar-refractivity contribution in [2.24, 2.45) is 5.92 Å². The van der Waals surface area contributed by atoms with Crippen molar-refractivity contribution >= 4 is 0 Å². The predicted molar refractivity (Wildman–Crippen MR) is 55.5 cm³/mol. The first-order valence-electron chi connectivity index (χ1n) is 4.97. The molecule has 0 N–H and O–H groups in total. The third-order valence-electron chi connectivity index (χ3n) is 2.58. The number of ether oxygens (including phenoxy) is 1. The summed E-state index contributed by atoms with van der Waals surface area (Å²) in [6.07, 6.45) is 3.61. The second-order valence-corrected chi connectivity index (χ2v) is 4.04. The Morgan fingerprint density at radius 1 is 1.57 bits per heavy atom. The molecule has 1 fully saturated rings. The summed E-state index contributed by atoms with van der Waals surface area (Å²) in [5.74, 6) is 1.67. The second-order valence-electron chi connectivity index (χ2n) is 4.04. The summed E-state index contributed by atoms with van der Waals surface area (Å²) in [4.78, 5) is 6.33. The summed E-state index contributed by atoms with van der Waals surface area (Å²) in [7, 11) is 2.13. The minimum atomic E-state index is 0.701. The van der Waals surface area contributed by atoms with Crippen molar-refractivity contribution in [3.05, 3.63) is 24.0 Å². The van der Waals surface area contributed by atoms with E-state index in [1.807, 2.05) is 19.2 Å². The summed E-state index contributed by atoms with van der Waals surface area (Å²) in [5, 5.41) is 0. The molecule has 0 radical (unpaired) electrons. The second kappa shape index (κ2) is 3.96. The van der Waals surface area contributed by atoms with Crippen LogP contribution in [0.4, 0.5) is 0 Å². The average Bonchev–Trinajstić information content (AvgIpc) is 2.13. The van der Waals surface area contributed by atoms with Crippen molar-refractivity contribution in [1.82, 2.24) is 9.88 Å².